The quantitative estimate of drug-likeness (QED) is 0.624. The molecule has 1 aliphatic rings. The van der Waals surface area contributed by atoms with E-state index in [4.69, 9.17) is 4.74 Å². The second-order valence-electron chi connectivity index (χ2n) is 5.17. The topological polar surface area (TPSA) is 75.8 Å². The van der Waals surface area contributed by atoms with Crippen LogP contribution >= 0.6 is 15.9 Å². The number of aliphatic hydroxyl groups is 1. The highest BCUT2D eigenvalue weighted by molar-refractivity contribution is 9.10. The largest absolute Gasteiger partial charge is 0.485 e. The lowest BCUT2D eigenvalue weighted by Crippen LogP contribution is -2.25. The molecule has 1 N–H and O–H groups in total. The zero-order chi connectivity index (χ0) is 15.4. The SMILES string of the molecule is CC(O)c1cc(Br)cc([N+](=O)[O-])c1OCCN1CCCC1. The minimum Gasteiger partial charge on any atom is -0.485 e. The van der Waals surface area contributed by atoms with E-state index in [0.717, 1.165) is 19.6 Å². The lowest BCUT2D eigenvalue weighted by atomic mass is 10.1. The van der Waals surface area contributed by atoms with Gasteiger partial charge in [-0.25, -0.2) is 0 Å². The summed E-state index contributed by atoms with van der Waals surface area (Å²) >= 11 is 3.23. The van der Waals surface area contributed by atoms with E-state index in [1.54, 1.807) is 13.0 Å². The van der Waals surface area contributed by atoms with E-state index >= 15 is 0 Å². The van der Waals surface area contributed by atoms with Crippen molar-refractivity contribution >= 4 is 21.6 Å². The summed E-state index contributed by atoms with van der Waals surface area (Å²) in [6, 6.07) is 3.06. The lowest BCUT2D eigenvalue weighted by molar-refractivity contribution is -0.386. The maximum Gasteiger partial charge on any atom is 0.312 e. The van der Waals surface area contributed by atoms with Gasteiger partial charge < -0.3 is 9.84 Å². The predicted molar refractivity (Wildman–Crippen MR) is 82.6 cm³/mol. The van der Waals surface area contributed by atoms with E-state index in [0.29, 0.717) is 16.6 Å². The third-order valence-electron chi connectivity index (χ3n) is 3.56. The van der Waals surface area contributed by atoms with E-state index in [1.807, 2.05) is 0 Å². The van der Waals surface area contributed by atoms with Crippen LogP contribution in [0.25, 0.3) is 0 Å². The highest BCUT2D eigenvalue weighted by Gasteiger charge is 2.23. The maximum atomic E-state index is 11.2. The first kappa shape index (κ1) is 16.2. The summed E-state index contributed by atoms with van der Waals surface area (Å²) in [5, 5.41) is 21.0. The van der Waals surface area contributed by atoms with Crippen molar-refractivity contribution < 1.29 is 14.8 Å². The Hall–Kier alpha value is -1.18. The van der Waals surface area contributed by atoms with Crippen molar-refractivity contribution in [1.29, 1.82) is 0 Å². The van der Waals surface area contributed by atoms with Crippen molar-refractivity contribution in [1.82, 2.24) is 4.90 Å². The van der Waals surface area contributed by atoms with Crippen LogP contribution in [0.3, 0.4) is 0 Å². The van der Waals surface area contributed by atoms with E-state index in [-0.39, 0.29) is 11.4 Å². The standard InChI is InChI=1S/C14H19BrN2O4/c1-10(18)12-8-11(15)9-13(17(19)20)14(12)21-7-6-16-4-2-3-5-16/h8-10,18H,2-7H2,1H3. The second kappa shape index (κ2) is 7.20. The summed E-state index contributed by atoms with van der Waals surface area (Å²) in [4.78, 5) is 13.0. The number of ether oxygens (including phenoxy) is 1. The fourth-order valence-electron chi connectivity index (χ4n) is 2.49. The summed E-state index contributed by atoms with van der Waals surface area (Å²) < 4.78 is 6.20. The molecule has 0 saturated carbocycles. The first-order chi connectivity index (χ1) is 9.99. The van der Waals surface area contributed by atoms with Gasteiger partial charge in [0.1, 0.15) is 6.61 Å². The number of aliphatic hydroxyl groups excluding tert-OH is 1. The molecule has 1 fully saturated rings. The Morgan fingerprint density at radius 2 is 2.14 bits per heavy atom. The summed E-state index contributed by atoms with van der Waals surface area (Å²) in [6.07, 6.45) is 1.55. The molecule has 1 aromatic carbocycles. The summed E-state index contributed by atoms with van der Waals surface area (Å²) in [6.45, 7) is 4.79. The average Bonchev–Trinajstić information content (AvgIpc) is 2.92. The minimum absolute atomic E-state index is 0.123. The van der Waals surface area contributed by atoms with Crippen molar-refractivity contribution in [2.75, 3.05) is 26.2 Å². The van der Waals surface area contributed by atoms with Crippen molar-refractivity contribution in [2.45, 2.75) is 25.9 Å². The van der Waals surface area contributed by atoms with Gasteiger partial charge in [-0.3, -0.25) is 15.0 Å². The van der Waals surface area contributed by atoms with E-state index < -0.39 is 11.0 Å². The van der Waals surface area contributed by atoms with Crippen LogP contribution in [-0.4, -0.2) is 41.2 Å². The van der Waals surface area contributed by atoms with Crippen molar-refractivity contribution in [3.05, 3.63) is 32.3 Å². The monoisotopic (exact) mass is 358 g/mol. The van der Waals surface area contributed by atoms with Gasteiger partial charge in [0.2, 0.25) is 5.75 Å². The summed E-state index contributed by atoms with van der Waals surface area (Å²) in [5.41, 5.74) is 0.305. The van der Waals surface area contributed by atoms with Gasteiger partial charge in [-0.2, -0.15) is 0 Å². The Kier molecular flexibility index (Phi) is 5.55. The number of nitro groups is 1. The van der Waals surface area contributed by atoms with Gasteiger partial charge in [0.05, 0.1) is 11.0 Å². The van der Waals surface area contributed by atoms with Crippen molar-refractivity contribution in [3.8, 4) is 5.75 Å². The number of hydrogen-bond donors (Lipinski definition) is 1. The van der Waals surface area contributed by atoms with Gasteiger partial charge in [-0.15, -0.1) is 0 Å². The molecule has 116 valence electrons. The number of nitrogens with zero attached hydrogens (tertiary/aromatic N) is 2. The zero-order valence-corrected chi connectivity index (χ0v) is 13.5. The zero-order valence-electron chi connectivity index (χ0n) is 11.9. The van der Waals surface area contributed by atoms with Crippen LogP contribution in [0.2, 0.25) is 0 Å². The number of benzene rings is 1. The number of hydrogen-bond acceptors (Lipinski definition) is 5. The smallest absolute Gasteiger partial charge is 0.312 e. The van der Waals surface area contributed by atoms with Crippen LogP contribution in [-0.2, 0) is 0 Å². The predicted octanol–water partition coefficient (Wildman–Crippen LogP) is 2.89. The summed E-state index contributed by atoms with van der Waals surface area (Å²) in [5.74, 6) is 0.164. The van der Waals surface area contributed by atoms with E-state index in [2.05, 4.69) is 20.8 Å². The molecule has 0 aliphatic carbocycles. The van der Waals surface area contributed by atoms with Gasteiger partial charge >= 0.3 is 5.69 Å². The second-order valence-corrected chi connectivity index (χ2v) is 6.09. The number of halogens is 1. The molecule has 0 aromatic heterocycles. The van der Waals surface area contributed by atoms with Gasteiger partial charge in [-0.05, 0) is 38.9 Å². The Labute approximate surface area is 132 Å². The van der Waals surface area contributed by atoms with E-state index in [1.165, 1.54) is 18.9 Å². The highest BCUT2D eigenvalue weighted by Crippen LogP contribution is 2.37. The molecule has 1 atom stereocenters. The number of rotatable bonds is 6. The lowest BCUT2D eigenvalue weighted by Gasteiger charge is -2.17. The Balaban J connectivity index is 2.16. The van der Waals surface area contributed by atoms with Crippen LogP contribution < -0.4 is 4.74 Å². The molecule has 7 heteroatoms. The van der Waals surface area contributed by atoms with E-state index in [9.17, 15) is 15.2 Å². The summed E-state index contributed by atoms with van der Waals surface area (Å²) in [7, 11) is 0. The number of nitro benzene ring substituents is 1. The molecule has 1 aliphatic heterocycles. The molecule has 0 spiro atoms. The first-order valence-corrected chi connectivity index (χ1v) is 7.79. The van der Waals surface area contributed by atoms with Crippen LogP contribution in [0, 0.1) is 10.1 Å². The molecule has 1 unspecified atom stereocenters. The van der Waals surface area contributed by atoms with Crippen LogP contribution in [0.1, 0.15) is 31.4 Å². The number of likely N-dealkylation sites (tertiary alicyclic amines) is 1. The fourth-order valence-corrected chi connectivity index (χ4v) is 2.95. The van der Waals surface area contributed by atoms with Gasteiger partial charge in [0.25, 0.3) is 0 Å². The molecule has 6 nitrogen and oxygen atoms in total. The average molecular weight is 359 g/mol. The molecule has 1 aromatic rings. The Bertz CT molecular complexity index is 516. The molecular formula is C14H19BrN2O4. The highest BCUT2D eigenvalue weighted by atomic mass is 79.9. The molecule has 0 bridgehead atoms. The third-order valence-corrected chi connectivity index (χ3v) is 4.02. The molecule has 21 heavy (non-hydrogen) atoms. The normalized spacial score (nSPS) is 16.9. The first-order valence-electron chi connectivity index (χ1n) is 7.00. The Morgan fingerprint density at radius 3 is 2.71 bits per heavy atom. The minimum atomic E-state index is -0.831. The van der Waals surface area contributed by atoms with Crippen LogP contribution in [0.15, 0.2) is 16.6 Å². The third kappa shape index (κ3) is 4.15. The van der Waals surface area contributed by atoms with Gasteiger partial charge in [-0.1, -0.05) is 15.9 Å². The molecular weight excluding hydrogens is 340 g/mol. The Morgan fingerprint density at radius 1 is 1.48 bits per heavy atom. The van der Waals surface area contributed by atoms with Crippen molar-refractivity contribution in [3.63, 3.8) is 0 Å². The fraction of sp³-hybridized carbons (Fsp3) is 0.571. The van der Waals surface area contributed by atoms with Crippen molar-refractivity contribution in [2.24, 2.45) is 0 Å². The van der Waals surface area contributed by atoms with Gasteiger partial charge in [0, 0.05) is 22.6 Å². The van der Waals surface area contributed by atoms with Crippen LogP contribution in [0.5, 0.6) is 5.75 Å². The molecule has 1 saturated heterocycles. The molecule has 0 radical (unpaired) electrons. The molecule has 2 rings (SSSR count). The van der Waals surface area contributed by atoms with Crippen LogP contribution in [0.4, 0.5) is 5.69 Å². The maximum absolute atomic E-state index is 11.2. The molecule has 0 amide bonds. The molecule has 1 heterocycles. The van der Waals surface area contributed by atoms with Gasteiger partial charge in [0.15, 0.2) is 0 Å².